The predicted molar refractivity (Wildman–Crippen MR) is 38.8 cm³/mol. The second kappa shape index (κ2) is 4.83. The Morgan fingerprint density at radius 2 is 1.33 bits per heavy atom. The van der Waals surface area contributed by atoms with Gasteiger partial charge in [0.15, 0.2) is 0 Å². The molecule has 0 aliphatic heterocycles. The second-order valence-electron chi connectivity index (χ2n) is 0.767. The van der Waals surface area contributed by atoms with Crippen molar-refractivity contribution in [1.29, 1.82) is 0 Å². The van der Waals surface area contributed by atoms with Crippen molar-refractivity contribution in [3.8, 4) is 0 Å². The lowest BCUT2D eigenvalue weighted by Crippen LogP contribution is -1.79. The molecule has 52 valence electrons. The van der Waals surface area contributed by atoms with Crippen molar-refractivity contribution >= 4 is 42.0 Å². The van der Waals surface area contributed by atoms with Gasteiger partial charge in [-0.2, -0.15) is 0 Å². The first-order chi connectivity index (χ1) is 4.13. The average Bonchev–Trinajstić information content (AvgIpc) is 1.63. The molecule has 4 nitrogen and oxygen atoms in total. The Balaban J connectivity index is 3.10. The van der Waals surface area contributed by atoms with Gasteiger partial charge in [0.25, 0.3) is 0 Å². The maximum Gasteiger partial charge on any atom is 0.376 e. The number of hydrogen-bond acceptors (Lipinski definition) is 5. The lowest BCUT2D eigenvalue weighted by atomic mass is 11.6. The molecule has 0 aliphatic carbocycles. The normalized spacial score (nSPS) is 8.89. The van der Waals surface area contributed by atoms with Crippen LogP contribution in [0.25, 0.3) is 0 Å². The molecular formula is C2H2O4S3. The molecule has 0 unspecified atom stereocenters. The van der Waals surface area contributed by atoms with E-state index in [4.69, 9.17) is 10.2 Å². The monoisotopic (exact) mass is 186 g/mol. The minimum atomic E-state index is -1.09. The number of rotatable bonds is 2. The molecule has 0 rings (SSSR count). The van der Waals surface area contributed by atoms with Crippen molar-refractivity contribution < 1.29 is 19.8 Å². The first-order valence-corrected chi connectivity index (χ1v) is 5.08. The molecule has 0 aromatic heterocycles. The molecule has 0 aromatic rings. The molecule has 0 atom stereocenters. The predicted octanol–water partition coefficient (Wildman–Crippen LogP) is 2.37. The number of hydrogen-bond donors (Lipinski definition) is 2. The average molecular weight is 186 g/mol. The number of carboxylic acid groups (broad SMARTS) is 2. The van der Waals surface area contributed by atoms with E-state index >= 15 is 0 Å². The molecule has 0 fully saturated rings. The zero-order valence-corrected chi connectivity index (χ0v) is 6.39. The highest BCUT2D eigenvalue weighted by atomic mass is 33.5. The summed E-state index contributed by atoms with van der Waals surface area (Å²) >= 11 is 0. The van der Waals surface area contributed by atoms with E-state index in [1.807, 2.05) is 0 Å². The van der Waals surface area contributed by atoms with Gasteiger partial charge < -0.3 is 10.2 Å². The van der Waals surface area contributed by atoms with Crippen LogP contribution in [-0.2, 0) is 0 Å². The Kier molecular flexibility index (Phi) is 4.83. The van der Waals surface area contributed by atoms with Crippen LogP contribution in [0.3, 0.4) is 0 Å². The minimum Gasteiger partial charge on any atom is -0.472 e. The molecule has 0 saturated carbocycles. The molecule has 0 aliphatic rings. The summed E-state index contributed by atoms with van der Waals surface area (Å²) in [7, 11) is 1.65. The van der Waals surface area contributed by atoms with Crippen molar-refractivity contribution in [1.82, 2.24) is 0 Å². The highest BCUT2D eigenvalue weighted by molar-refractivity contribution is 9.14. The molecule has 2 N–H and O–H groups in total. The molecule has 0 spiro atoms. The first-order valence-electron chi connectivity index (χ1n) is 1.60. The Hall–Kier alpha value is -0.0100. The standard InChI is InChI=1S/C2H2O4S3/c3-1(4)7-9-8-2(5)6/h(H,3,4)(H,5,6). The maximum atomic E-state index is 9.72. The summed E-state index contributed by atoms with van der Waals surface area (Å²) in [4.78, 5) is 19.4. The van der Waals surface area contributed by atoms with Crippen LogP contribution < -0.4 is 0 Å². The molecule has 0 aromatic carbocycles. The van der Waals surface area contributed by atoms with E-state index in [0.29, 0.717) is 31.4 Å². The van der Waals surface area contributed by atoms with Crippen LogP contribution in [0.5, 0.6) is 0 Å². The van der Waals surface area contributed by atoms with Crippen molar-refractivity contribution in [3.05, 3.63) is 0 Å². The first kappa shape index (κ1) is 8.99. The van der Waals surface area contributed by atoms with Crippen molar-refractivity contribution in [2.75, 3.05) is 0 Å². The largest absolute Gasteiger partial charge is 0.472 e. The molecule has 0 bridgehead atoms. The third-order valence-electron chi connectivity index (χ3n) is 0.211. The molecular weight excluding hydrogens is 184 g/mol. The Morgan fingerprint density at radius 1 is 1.00 bits per heavy atom. The van der Waals surface area contributed by atoms with Gasteiger partial charge in [0.1, 0.15) is 0 Å². The maximum absolute atomic E-state index is 9.72. The summed E-state index contributed by atoms with van der Waals surface area (Å²) in [5, 5.41) is 13.7. The molecule has 0 saturated heterocycles. The highest BCUT2D eigenvalue weighted by Gasteiger charge is 2.02. The molecule has 0 radical (unpaired) electrons. The topological polar surface area (TPSA) is 74.6 Å². The summed E-state index contributed by atoms with van der Waals surface area (Å²) in [5.74, 6) is 0. The third-order valence-corrected chi connectivity index (χ3v) is 3.12. The fraction of sp³-hybridized carbons (Fsp3) is 0. The van der Waals surface area contributed by atoms with Gasteiger partial charge in [0.2, 0.25) is 0 Å². The summed E-state index contributed by atoms with van der Waals surface area (Å²) in [5.41, 5.74) is 0. The van der Waals surface area contributed by atoms with Gasteiger partial charge in [-0.25, -0.2) is 9.59 Å². The van der Waals surface area contributed by atoms with Crippen LogP contribution >= 0.6 is 31.4 Å². The second-order valence-corrected chi connectivity index (χ2v) is 4.57. The molecule has 0 heterocycles. The third kappa shape index (κ3) is 7.99. The van der Waals surface area contributed by atoms with Gasteiger partial charge in [-0.05, 0) is 9.83 Å². The van der Waals surface area contributed by atoms with Crippen LogP contribution in [0.15, 0.2) is 0 Å². The van der Waals surface area contributed by atoms with Gasteiger partial charge in [-0.3, -0.25) is 0 Å². The summed E-state index contributed by atoms with van der Waals surface area (Å²) < 4.78 is 0. The van der Waals surface area contributed by atoms with E-state index in [0.717, 1.165) is 0 Å². The van der Waals surface area contributed by atoms with Crippen molar-refractivity contribution in [3.63, 3.8) is 0 Å². The van der Waals surface area contributed by atoms with Gasteiger partial charge in [-0.15, -0.1) is 0 Å². The highest BCUT2D eigenvalue weighted by Crippen LogP contribution is 2.34. The van der Waals surface area contributed by atoms with Crippen LogP contribution in [-0.4, -0.2) is 20.8 Å². The molecule has 7 heteroatoms. The van der Waals surface area contributed by atoms with E-state index in [9.17, 15) is 9.59 Å². The lowest BCUT2D eigenvalue weighted by Gasteiger charge is -1.86. The zero-order chi connectivity index (χ0) is 7.28. The Bertz CT molecular complexity index is 109. The van der Waals surface area contributed by atoms with Crippen LogP contribution in [0.4, 0.5) is 9.59 Å². The van der Waals surface area contributed by atoms with Gasteiger partial charge in [0.05, 0.1) is 0 Å². The summed E-state index contributed by atoms with van der Waals surface area (Å²) in [6.45, 7) is 0. The van der Waals surface area contributed by atoms with Crippen LogP contribution in [0.1, 0.15) is 0 Å². The van der Waals surface area contributed by atoms with Crippen molar-refractivity contribution in [2.24, 2.45) is 0 Å². The van der Waals surface area contributed by atoms with Gasteiger partial charge in [-0.1, -0.05) is 0 Å². The lowest BCUT2D eigenvalue weighted by molar-refractivity contribution is 0.221. The van der Waals surface area contributed by atoms with E-state index in [-0.39, 0.29) is 0 Å². The van der Waals surface area contributed by atoms with E-state index in [1.165, 1.54) is 0 Å². The van der Waals surface area contributed by atoms with Gasteiger partial charge in [0, 0.05) is 21.6 Å². The smallest absolute Gasteiger partial charge is 0.376 e. The quantitative estimate of drug-likeness (QED) is 0.641. The SMILES string of the molecule is O=C(O)SSSC(=O)O. The molecule has 9 heavy (non-hydrogen) atoms. The zero-order valence-electron chi connectivity index (χ0n) is 3.94. The van der Waals surface area contributed by atoms with Gasteiger partial charge >= 0.3 is 10.6 Å². The van der Waals surface area contributed by atoms with E-state index in [2.05, 4.69) is 0 Å². The van der Waals surface area contributed by atoms with E-state index < -0.39 is 10.6 Å². The Labute approximate surface area is 62.2 Å². The van der Waals surface area contributed by atoms with Crippen LogP contribution in [0.2, 0.25) is 0 Å². The minimum absolute atomic E-state index is 0.475. The molecule has 0 amide bonds. The fourth-order valence-corrected chi connectivity index (χ4v) is 2.03. The Morgan fingerprint density at radius 3 is 1.56 bits per heavy atom. The summed E-state index contributed by atoms with van der Waals surface area (Å²) in [6.07, 6.45) is 0. The fourth-order valence-electron chi connectivity index (χ4n) is 0.0752. The van der Waals surface area contributed by atoms with E-state index in [1.54, 1.807) is 0 Å². The number of carbonyl (C=O) groups is 2. The summed E-state index contributed by atoms with van der Waals surface area (Å²) in [6, 6.07) is 0. The van der Waals surface area contributed by atoms with Crippen LogP contribution in [0, 0.1) is 0 Å². The van der Waals surface area contributed by atoms with Crippen molar-refractivity contribution in [2.45, 2.75) is 0 Å².